The van der Waals surface area contributed by atoms with Gasteiger partial charge in [-0.2, -0.15) is 0 Å². The number of nitro groups is 1. The Balaban J connectivity index is 1.56. The van der Waals surface area contributed by atoms with Gasteiger partial charge in [-0.25, -0.2) is 0 Å². The number of rotatable bonds is 5. The molecule has 3 rings (SSSR count). The number of nitrogens with zero attached hydrogens (tertiary/aromatic N) is 3. The summed E-state index contributed by atoms with van der Waals surface area (Å²) >= 11 is 6.04. The molecule has 0 spiro atoms. The highest BCUT2D eigenvalue weighted by Gasteiger charge is 2.21. The van der Waals surface area contributed by atoms with Crippen molar-refractivity contribution in [2.75, 3.05) is 42.9 Å². The fourth-order valence-corrected chi connectivity index (χ4v) is 3.51. The summed E-state index contributed by atoms with van der Waals surface area (Å²) in [6.45, 7) is 7.68. The molecular weight excluding hydrogens is 380 g/mol. The molecule has 1 amide bonds. The van der Waals surface area contributed by atoms with Crippen molar-refractivity contribution in [3.8, 4) is 0 Å². The molecule has 1 N–H and O–H groups in total. The minimum Gasteiger partial charge on any atom is -0.369 e. The number of nitrogens with one attached hydrogen (secondary N) is 1. The van der Waals surface area contributed by atoms with Crippen molar-refractivity contribution in [2.24, 2.45) is 0 Å². The molecule has 0 aliphatic carbocycles. The summed E-state index contributed by atoms with van der Waals surface area (Å²) in [5.74, 6) is -0.234. The lowest BCUT2D eigenvalue weighted by atomic mass is 10.1. The molecule has 2 aromatic carbocycles. The first-order chi connectivity index (χ1) is 13.3. The smallest absolute Gasteiger partial charge is 0.271 e. The van der Waals surface area contributed by atoms with Crippen LogP contribution in [0.25, 0.3) is 0 Å². The van der Waals surface area contributed by atoms with Crippen molar-refractivity contribution < 1.29 is 9.72 Å². The molecule has 1 saturated heterocycles. The first kappa shape index (κ1) is 20.1. The van der Waals surface area contributed by atoms with Gasteiger partial charge in [0.1, 0.15) is 0 Å². The van der Waals surface area contributed by atoms with E-state index in [9.17, 15) is 14.9 Å². The number of hydrogen-bond acceptors (Lipinski definition) is 5. The number of hydrogen-bond donors (Lipinski definition) is 1. The lowest BCUT2D eigenvalue weighted by molar-refractivity contribution is -0.384. The van der Waals surface area contributed by atoms with Gasteiger partial charge in [0, 0.05) is 44.0 Å². The number of carbonyl (C=O) groups excluding carboxylic acids is 1. The van der Waals surface area contributed by atoms with Gasteiger partial charge in [-0.1, -0.05) is 23.7 Å². The van der Waals surface area contributed by atoms with Crippen LogP contribution in [0.15, 0.2) is 36.4 Å². The largest absolute Gasteiger partial charge is 0.369 e. The molecule has 1 aliphatic rings. The average molecular weight is 403 g/mol. The SMILES string of the molecule is Cc1cccc(N2CCN(CC(=O)Nc3cc([N+](=O)[O-])ccc3Cl)CC2)c1C. The quantitative estimate of drug-likeness (QED) is 0.610. The highest BCUT2D eigenvalue weighted by Crippen LogP contribution is 2.27. The van der Waals surface area contributed by atoms with E-state index in [1.807, 2.05) is 0 Å². The van der Waals surface area contributed by atoms with Crippen molar-refractivity contribution in [1.29, 1.82) is 0 Å². The standard InChI is InChI=1S/C20H23ClN4O3/c1-14-4-3-5-19(15(14)2)24-10-8-23(9-11-24)13-20(26)22-18-12-16(25(27)28)6-7-17(18)21/h3-7,12H,8-11,13H2,1-2H3,(H,22,26). The summed E-state index contributed by atoms with van der Waals surface area (Å²) in [5, 5.41) is 13.9. The zero-order chi connectivity index (χ0) is 20.3. The van der Waals surface area contributed by atoms with Gasteiger partial charge >= 0.3 is 0 Å². The molecule has 28 heavy (non-hydrogen) atoms. The highest BCUT2D eigenvalue weighted by atomic mass is 35.5. The number of amides is 1. The Labute approximate surface area is 169 Å². The fraction of sp³-hybridized carbons (Fsp3) is 0.350. The van der Waals surface area contributed by atoms with E-state index in [-0.39, 0.29) is 28.8 Å². The Morgan fingerprint density at radius 3 is 2.57 bits per heavy atom. The maximum atomic E-state index is 12.4. The monoisotopic (exact) mass is 402 g/mol. The number of piperazine rings is 1. The zero-order valence-corrected chi connectivity index (χ0v) is 16.7. The van der Waals surface area contributed by atoms with Crippen LogP contribution in [0.5, 0.6) is 0 Å². The Morgan fingerprint density at radius 2 is 1.89 bits per heavy atom. The van der Waals surface area contributed by atoms with E-state index < -0.39 is 4.92 Å². The summed E-state index contributed by atoms with van der Waals surface area (Å²) in [4.78, 5) is 27.2. The number of non-ortho nitro benzene ring substituents is 1. The fourth-order valence-electron chi connectivity index (χ4n) is 3.34. The molecule has 0 atom stereocenters. The highest BCUT2D eigenvalue weighted by molar-refractivity contribution is 6.33. The normalized spacial score (nSPS) is 14.8. The van der Waals surface area contributed by atoms with Crippen LogP contribution in [-0.2, 0) is 4.79 Å². The van der Waals surface area contributed by atoms with E-state index >= 15 is 0 Å². The first-order valence-electron chi connectivity index (χ1n) is 9.12. The van der Waals surface area contributed by atoms with E-state index in [4.69, 9.17) is 11.6 Å². The van der Waals surface area contributed by atoms with Crippen LogP contribution in [0.4, 0.5) is 17.1 Å². The maximum Gasteiger partial charge on any atom is 0.271 e. The van der Waals surface area contributed by atoms with Gasteiger partial charge in [0.25, 0.3) is 5.69 Å². The Morgan fingerprint density at radius 1 is 1.18 bits per heavy atom. The molecule has 8 heteroatoms. The number of carbonyl (C=O) groups is 1. The van der Waals surface area contributed by atoms with Crippen LogP contribution >= 0.6 is 11.6 Å². The van der Waals surface area contributed by atoms with E-state index in [1.54, 1.807) is 0 Å². The summed E-state index contributed by atoms with van der Waals surface area (Å²) in [6.07, 6.45) is 0. The van der Waals surface area contributed by atoms with Gasteiger partial charge in [-0.3, -0.25) is 19.8 Å². The average Bonchev–Trinajstić information content (AvgIpc) is 2.66. The van der Waals surface area contributed by atoms with Crippen LogP contribution in [0.2, 0.25) is 5.02 Å². The number of halogens is 1. The Kier molecular flexibility index (Phi) is 6.16. The maximum absolute atomic E-state index is 12.4. The molecule has 0 aromatic heterocycles. The van der Waals surface area contributed by atoms with Gasteiger partial charge in [0.05, 0.1) is 22.2 Å². The third kappa shape index (κ3) is 4.61. The second-order valence-electron chi connectivity index (χ2n) is 6.95. The lowest BCUT2D eigenvalue weighted by Gasteiger charge is -2.36. The van der Waals surface area contributed by atoms with Crippen LogP contribution in [0.3, 0.4) is 0 Å². The summed E-state index contributed by atoms with van der Waals surface area (Å²) in [6, 6.07) is 10.3. The van der Waals surface area contributed by atoms with E-state index in [2.05, 4.69) is 47.2 Å². The number of anilines is 2. The van der Waals surface area contributed by atoms with Crippen LogP contribution in [0.1, 0.15) is 11.1 Å². The summed E-state index contributed by atoms with van der Waals surface area (Å²) in [7, 11) is 0. The van der Waals surface area contributed by atoms with E-state index in [1.165, 1.54) is 35.0 Å². The van der Waals surface area contributed by atoms with Gasteiger partial charge in [0.15, 0.2) is 0 Å². The molecule has 0 radical (unpaired) electrons. The van der Waals surface area contributed by atoms with Crippen LogP contribution in [0, 0.1) is 24.0 Å². The van der Waals surface area contributed by atoms with Gasteiger partial charge in [0.2, 0.25) is 5.91 Å². The third-order valence-corrected chi connectivity index (χ3v) is 5.42. The molecule has 148 valence electrons. The molecule has 0 bridgehead atoms. The van der Waals surface area contributed by atoms with E-state index in [0.717, 1.165) is 26.2 Å². The second-order valence-corrected chi connectivity index (χ2v) is 7.36. The van der Waals surface area contributed by atoms with Crippen molar-refractivity contribution in [1.82, 2.24) is 4.90 Å². The first-order valence-corrected chi connectivity index (χ1v) is 9.50. The molecular formula is C20H23ClN4O3. The zero-order valence-electron chi connectivity index (χ0n) is 15.9. The molecule has 1 aliphatic heterocycles. The van der Waals surface area contributed by atoms with E-state index in [0.29, 0.717) is 0 Å². The third-order valence-electron chi connectivity index (χ3n) is 5.09. The van der Waals surface area contributed by atoms with Gasteiger partial charge in [-0.05, 0) is 37.1 Å². The predicted octanol–water partition coefficient (Wildman–Crippen LogP) is 3.63. The minimum atomic E-state index is -0.515. The molecule has 2 aromatic rings. The lowest BCUT2D eigenvalue weighted by Crippen LogP contribution is -2.48. The van der Waals surface area contributed by atoms with Gasteiger partial charge in [-0.15, -0.1) is 0 Å². The van der Waals surface area contributed by atoms with Crippen molar-refractivity contribution in [2.45, 2.75) is 13.8 Å². The minimum absolute atomic E-state index is 0.109. The topological polar surface area (TPSA) is 78.7 Å². The summed E-state index contributed by atoms with van der Waals surface area (Å²) < 4.78 is 0. The number of benzene rings is 2. The van der Waals surface area contributed by atoms with Crippen LogP contribution in [-0.4, -0.2) is 48.5 Å². The predicted molar refractivity (Wildman–Crippen MR) is 111 cm³/mol. The second kappa shape index (κ2) is 8.58. The number of nitro benzene ring substituents is 1. The molecule has 0 saturated carbocycles. The van der Waals surface area contributed by atoms with Crippen molar-refractivity contribution in [3.05, 3.63) is 62.7 Å². The Hall–Kier alpha value is -2.64. The molecule has 1 fully saturated rings. The van der Waals surface area contributed by atoms with Crippen molar-refractivity contribution in [3.63, 3.8) is 0 Å². The number of aryl methyl sites for hydroxylation is 1. The molecule has 0 unspecified atom stereocenters. The van der Waals surface area contributed by atoms with Crippen molar-refractivity contribution >= 4 is 34.6 Å². The molecule has 7 nitrogen and oxygen atoms in total. The van der Waals surface area contributed by atoms with Gasteiger partial charge < -0.3 is 10.2 Å². The Bertz CT molecular complexity index is 895. The van der Waals surface area contributed by atoms with Crippen LogP contribution < -0.4 is 10.2 Å². The molecule has 1 heterocycles. The summed E-state index contributed by atoms with van der Waals surface area (Å²) in [5.41, 5.74) is 3.95.